The van der Waals surface area contributed by atoms with Gasteiger partial charge in [0.15, 0.2) is 0 Å². The standard InChI is InChI=1S/C16H17NO2S/c1-12-11-14(7-8-15(12)16(17)20)19-10-9-18-13-5-3-2-4-6-13/h2-8,11H,9-10H2,1H3,(H2,17,20). The number of aryl methyl sites for hydroxylation is 1. The maximum atomic E-state index is 5.63. The van der Waals surface area contributed by atoms with Crippen LogP contribution in [-0.4, -0.2) is 18.2 Å². The maximum absolute atomic E-state index is 5.63. The molecule has 0 aliphatic carbocycles. The van der Waals surface area contributed by atoms with Crippen LogP contribution < -0.4 is 15.2 Å². The van der Waals surface area contributed by atoms with E-state index in [1.165, 1.54) is 0 Å². The third-order valence-corrected chi connectivity index (χ3v) is 3.05. The predicted molar refractivity (Wildman–Crippen MR) is 84.5 cm³/mol. The molecule has 20 heavy (non-hydrogen) atoms. The molecule has 0 amide bonds. The number of hydrogen-bond donors (Lipinski definition) is 1. The van der Waals surface area contributed by atoms with Gasteiger partial charge in [-0.1, -0.05) is 30.4 Å². The first-order valence-electron chi connectivity index (χ1n) is 6.38. The van der Waals surface area contributed by atoms with Gasteiger partial charge in [0, 0.05) is 5.56 Å². The van der Waals surface area contributed by atoms with E-state index in [2.05, 4.69) is 0 Å². The van der Waals surface area contributed by atoms with Crippen LogP contribution in [0.4, 0.5) is 0 Å². The molecule has 0 aromatic heterocycles. The van der Waals surface area contributed by atoms with E-state index in [1.54, 1.807) is 0 Å². The number of thiocarbonyl (C=S) groups is 1. The van der Waals surface area contributed by atoms with Gasteiger partial charge in [-0.05, 0) is 42.8 Å². The van der Waals surface area contributed by atoms with Crippen molar-refractivity contribution in [3.05, 3.63) is 59.7 Å². The molecule has 0 aliphatic heterocycles. The summed E-state index contributed by atoms with van der Waals surface area (Å²) in [4.78, 5) is 0.404. The van der Waals surface area contributed by atoms with Crippen molar-refractivity contribution in [2.24, 2.45) is 5.73 Å². The molecule has 0 saturated carbocycles. The highest BCUT2D eigenvalue weighted by Crippen LogP contribution is 2.17. The van der Waals surface area contributed by atoms with Crippen molar-refractivity contribution in [1.29, 1.82) is 0 Å². The minimum Gasteiger partial charge on any atom is -0.490 e. The lowest BCUT2D eigenvalue weighted by Gasteiger charge is -2.10. The highest BCUT2D eigenvalue weighted by molar-refractivity contribution is 7.80. The summed E-state index contributed by atoms with van der Waals surface area (Å²) in [5, 5.41) is 0. The Kier molecular flexibility index (Phi) is 4.96. The smallest absolute Gasteiger partial charge is 0.122 e. The zero-order chi connectivity index (χ0) is 14.4. The summed E-state index contributed by atoms with van der Waals surface area (Å²) in [6.45, 7) is 2.95. The van der Waals surface area contributed by atoms with Gasteiger partial charge in [-0.3, -0.25) is 0 Å². The summed E-state index contributed by atoms with van der Waals surface area (Å²) < 4.78 is 11.2. The molecule has 0 fully saturated rings. The number of ether oxygens (including phenoxy) is 2. The molecule has 0 spiro atoms. The molecule has 0 saturated heterocycles. The van der Waals surface area contributed by atoms with E-state index in [1.807, 2.05) is 55.5 Å². The molecule has 0 bridgehead atoms. The van der Waals surface area contributed by atoms with Crippen LogP contribution in [0.1, 0.15) is 11.1 Å². The van der Waals surface area contributed by atoms with E-state index in [0.717, 1.165) is 22.6 Å². The number of hydrogen-bond acceptors (Lipinski definition) is 3. The van der Waals surface area contributed by atoms with Crippen molar-refractivity contribution < 1.29 is 9.47 Å². The second-order valence-corrected chi connectivity index (χ2v) is 4.79. The Balaban J connectivity index is 1.83. The number of benzene rings is 2. The van der Waals surface area contributed by atoms with Gasteiger partial charge < -0.3 is 15.2 Å². The first kappa shape index (κ1) is 14.3. The second kappa shape index (κ2) is 6.91. The Labute approximate surface area is 124 Å². The average molecular weight is 287 g/mol. The first-order valence-corrected chi connectivity index (χ1v) is 6.79. The molecular weight excluding hydrogens is 270 g/mol. The fourth-order valence-electron chi connectivity index (χ4n) is 1.84. The van der Waals surface area contributed by atoms with Crippen LogP contribution in [0.5, 0.6) is 11.5 Å². The Bertz CT molecular complexity index is 584. The lowest BCUT2D eigenvalue weighted by Crippen LogP contribution is -2.12. The first-order chi connectivity index (χ1) is 9.66. The van der Waals surface area contributed by atoms with E-state index in [9.17, 15) is 0 Å². The van der Waals surface area contributed by atoms with Gasteiger partial charge in [-0.25, -0.2) is 0 Å². The van der Waals surface area contributed by atoms with Crippen LogP contribution in [0.15, 0.2) is 48.5 Å². The fourth-order valence-corrected chi connectivity index (χ4v) is 2.07. The van der Waals surface area contributed by atoms with E-state index in [4.69, 9.17) is 27.4 Å². The molecule has 2 aromatic rings. The summed E-state index contributed by atoms with van der Waals surface area (Å²) in [6.07, 6.45) is 0. The van der Waals surface area contributed by atoms with Gasteiger partial charge in [0.25, 0.3) is 0 Å². The lowest BCUT2D eigenvalue weighted by atomic mass is 10.1. The highest BCUT2D eigenvalue weighted by atomic mass is 32.1. The average Bonchev–Trinajstić information content (AvgIpc) is 2.44. The van der Waals surface area contributed by atoms with Gasteiger partial charge >= 0.3 is 0 Å². The lowest BCUT2D eigenvalue weighted by molar-refractivity contribution is 0.217. The summed E-state index contributed by atoms with van der Waals surface area (Å²) in [5.74, 6) is 1.63. The highest BCUT2D eigenvalue weighted by Gasteiger charge is 2.03. The molecule has 2 aromatic carbocycles. The third-order valence-electron chi connectivity index (χ3n) is 2.83. The maximum Gasteiger partial charge on any atom is 0.122 e. The number of rotatable bonds is 6. The summed E-state index contributed by atoms with van der Waals surface area (Å²) in [5.41, 5.74) is 7.52. The normalized spacial score (nSPS) is 10.1. The molecule has 0 radical (unpaired) electrons. The SMILES string of the molecule is Cc1cc(OCCOc2ccccc2)ccc1C(N)=S. The molecule has 104 valence electrons. The molecule has 3 nitrogen and oxygen atoms in total. The fraction of sp³-hybridized carbons (Fsp3) is 0.188. The van der Waals surface area contributed by atoms with Crippen LogP contribution in [0.25, 0.3) is 0 Å². The molecule has 0 atom stereocenters. The quantitative estimate of drug-likeness (QED) is 0.655. The van der Waals surface area contributed by atoms with E-state index in [0.29, 0.717) is 18.2 Å². The van der Waals surface area contributed by atoms with Gasteiger partial charge in [0.2, 0.25) is 0 Å². The van der Waals surface area contributed by atoms with Gasteiger partial charge in [0.1, 0.15) is 29.7 Å². The Morgan fingerprint density at radius 3 is 2.25 bits per heavy atom. The Morgan fingerprint density at radius 1 is 1.00 bits per heavy atom. The van der Waals surface area contributed by atoms with Crippen LogP contribution in [-0.2, 0) is 0 Å². The van der Waals surface area contributed by atoms with Crippen LogP contribution >= 0.6 is 12.2 Å². The van der Waals surface area contributed by atoms with E-state index >= 15 is 0 Å². The van der Waals surface area contributed by atoms with Crippen LogP contribution in [0.2, 0.25) is 0 Å². The van der Waals surface area contributed by atoms with Crippen LogP contribution in [0, 0.1) is 6.92 Å². The van der Waals surface area contributed by atoms with Crippen LogP contribution in [0.3, 0.4) is 0 Å². The molecule has 0 unspecified atom stereocenters. The minimum atomic E-state index is 0.404. The summed E-state index contributed by atoms with van der Waals surface area (Å²) >= 11 is 4.97. The van der Waals surface area contributed by atoms with Crippen molar-refractivity contribution in [2.75, 3.05) is 13.2 Å². The van der Waals surface area contributed by atoms with Gasteiger partial charge in [0.05, 0.1) is 0 Å². The summed E-state index contributed by atoms with van der Waals surface area (Å²) in [6, 6.07) is 15.3. The van der Waals surface area contributed by atoms with Crippen molar-refractivity contribution in [3.8, 4) is 11.5 Å². The zero-order valence-electron chi connectivity index (χ0n) is 11.3. The topological polar surface area (TPSA) is 44.5 Å². The predicted octanol–water partition coefficient (Wildman–Crippen LogP) is 3.09. The van der Waals surface area contributed by atoms with Crippen molar-refractivity contribution in [3.63, 3.8) is 0 Å². The van der Waals surface area contributed by atoms with Crippen molar-refractivity contribution >= 4 is 17.2 Å². The Hall–Kier alpha value is -2.07. The molecular formula is C16H17NO2S. The zero-order valence-corrected chi connectivity index (χ0v) is 12.2. The van der Waals surface area contributed by atoms with Gasteiger partial charge in [-0.15, -0.1) is 0 Å². The minimum absolute atomic E-state index is 0.404. The largest absolute Gasteiger partial charge is 0.490 e. The molecule has 0 heterocycles. The molecule has 0 aliphatic rings. The number of para-hydroxylation sites is 1. The van der Waals surface area contributed by atoms with Gasteiger partial charge in [-0.2, -0.15) is 0 Å². The van der Waals surface area contributed by atoms with E-state index in [-0.39, 0.29) is 0 Å². The van der Waals surface area contributed by atoms with E-state index < -0.39 is 0 Å². The third kappa shape index (κ3) is 3.96. The Morgan fingerprint density at radius 2 is 1.65 bits per heavy atom. The summed E-state index contributed by atoms with van der Waals surface area (Å²) in [7, 11) is 0. The van der Waals surface area contributed by atoms with Crippen molar-refractivity contribution in [1.82, 2.24) is 0 Å². The monoisotopic (exact) mass is 287 g/mol. The second-order valence-electron chi connectivity index (χ2n) is 4.35. The molecule has 2 rings (SSSR count). The molecule has 4 heteroatoms. The van der Waals surface area contributed by atoms with Crippen molar-refractivity contribution in [2.45, 2.75) is 6.92 Å². The molecule has 2 N–H and O–H groups in total. The number of nitrogens with two attached hydrogens (primary N) is 1.